The van der Waals surface area contributed by atoms with E-state index in [-0.39, 0.29) is 25.4 Å². The summed E-state index contributed by atoms with van der Waals surface area (Å²) in [6.07, 6.45) is 1.56. The van der Waals surface area contributed by atoms with Crippen LogP contribution < -0.4 is 10.1 Å². The number of ether oxygens (including phenoxy) is 2. The highest BCUT2D eigenvalue weighted by molar-refractivity contribution is 5.78. The number of methoxy groups -OCH3 is 1. The number of aryl methyl sites for hydroxylation is 1. The van der Waals surface area contributed by atoms with Crippen molar-refractivity contribution in [3.05, 3.63) is 30.2 Å². The van der Waals surface area contributed by atoms with Gasteiger partial charge in [-0.2, -0.15) is 4.98 Å². The molecule has 1 unspecified atom stereocenters. The number of hydrogen-bond acceptors (Lipinski definition) is 7. The molecule has 2 heterocycles. The standard InChI is InChI=1S/C19H23N3O6/c1-26-14-7-5-13(6-8-14)18-20-16(28-22-18)4-2-3-15(23)21-19(11-17(24)25)9-10-27-12-19/h5-8H,2-4,9-12H2,1H3,(H,21,23)(H,24,25). The number of carbonyl (C=O) groups excluding carboxylic acids is 1. The summed E-state index contributed by atoms with van der Waals surface area (Å²) in [5, 5.41) is 15.8. The Morgan fingerprint density at radius 3 is 2.75 bits per heavy atom. The van der Waals surface area contributed by atoms with Crippen LogP contribution in [0.3, 0.4) is 0 Å². The molecule has 0 saturated carbocycles. The monoisotopic (exact) mass is 389 g/mol. The van der Waals surface area contributed by atoms with Crippen molar-refractivity contribution in [1.82, 2.24) is 15.5 Å². The molecule has 1 saturated heterocycles. The van der Waals surface area contributed by atoms with Crippen LogP contribution in [0.2, 0.25) is 0 Å². The van der Waals surface area contributed by atoms with Gasteiger partial charge in [0.25, 0.3) is 0 Å². The Hall–Kier alpha value is -2.94. The van der Waals surface area contributed by atoms with Crippen molar-refractivity contribution in [1.29, 1.82) is 0 Å². The number of nitrogens with one attached hydrogen (secondary N) is 1. The number of aromatic nitrogens is 2. The maximum Gasteiger partial charge on any atom is 0.305 e. The Balaban J connectivity index is 1.49. The normalized spacial score (nSPS) is 18.8. The Morgan fingerprint density at radius 2 is 2.11 bits per heavy atom. The molecular formula is C19H23N3O6. The van der Waals surface area contributed by atoms with Gasteiger partial charge in [-0.25, -0.2) is 0 Å². The van der Waals surface area contributed by atoms with Crippen LogP contribution in [0.4, 0.5) is 0 Å². The first-order valence-corrected chi connectivity index (χ1v) is 9.07. The topological polar surface area (TPSA) is 124 Å². The summed E-state index contributed by atoms with van der Waals surface area (Å²) in [5.41, 5.74) is -0.0000303. The highest BCUT2D eigenvalue weighted by Crippen LogP contribution is 2.23. The Bertz CT molecular complexity index is 811. The fourth-order valence-corrected chi connectivity index (χ4v) is 3.15. The zero-order valence-corrected chi connectivity index (χ0v) is 15.6. The average Bonchev–Trinajstić information content (AvgIpc) is 3.31. The van der Waals surface area contributed by atoms with Crippen molar-refractivity contribution in [3.8, 4) is 17.1 Å². The lowest BCUT2D eigenvalue weighted by Crippen LogP contribution is -2.50. The second kappa shape index (κ2) is 8.83. The van der Waals surface area contributed by atoms with Crippen LogP contribution in [-0.4, -0.2) is 53.0 Å². The van der Waals surface area contributed by atoms with E-state index in [1.165, 1.54) is 0 Å². The van der Waals surface area contributed by atoms with Gasteiger partial charge in [-0.05, 0) is 37.1 Å². The summed E-state index contributed by atoms with van der Waals surface area (Å²) in [6, 6.07) is 7.31. The van der Waals surface area contributed by atoms with Crippen LogP contribution >= 0.6 is 0 Å². The van der Waals surface area contributed by atoms with Crippen LogP contribution in [0.1, 0.15) is 31.6 Å². The Morgan fingerprint density at radius 1 is 1.32 bits per heavy atom. The van der Waals surface area contributed by atoms with Crippen LogP contribution in [0, 0.1) is 0 Å². The molecule has 0 bridgehead atoms. The number of amides is 1. The van der Waals surface area contributed by atoms with Gasteiger partial charge in [0.1, 0.15) is 5.75 Å². The SMILES string of the molecule is COc1ccc(-c2noc(CCCC(=O)NC3(CC(=O)O)CCOC3)n2)cc1. The lowest BCUT2D eigenvalue weighted by atomic mass is 9.94. The van der Waals surface area contributed by atoms with Crippen LogP contribution in [0.15, 0.2) is 28.8 Å². The molecule has 150 valence electrons. The zero-order chi connectivity index (χ0) is 20.0. The zero-order valence-electron chi connectivity index (χ0n) is 15.6. The van der Waals surface area contributed by atoms with Gasteiger partial charge >= 0.3 is 5.97 Å². The van der Waals surface area contributed by atoms with E-state index in [2.05, 4.69) is 15.5 Å². The molecule has 28 heavy (non-hydrogen) atoms. The average molecular weight is 389 g/mol. The number of aliphatic carboxylic acids is 1. The number of nitrogens with zero attached hydrogens (tertiary/aromatic N) is 2. The fourth-order valence-electron chi connectivity index (χ4n) is 3.15. The van der Waals surface area contributed by atoms with Crippen LogP contribution in [0.25, 0.3) is 11.4 Å². The van der Waals surface area contributed by atoms with E-state index in [0.717, 1.165) is 11.3 Å². The summed E-state index contributed by atoms with van der Waals surface area (Å²) < 4.78 is 15.6. The predicted octanol–water partition coefficient (Wildman–Crippen LogP) is 1.82. The van der Waals surface area contributed by atoms with Gasteiger partial charge in [0.2, 0.25) is 17.6 Å². The maximum absolute atomic E-state index is 12.2. The third-order valence-corrected chi connectivity index (χ3v) is 4.61. The summed E-state index contributed by atoms with van der Waals surface area (Å²) in [4.78, 5) is 27.6. The first-order chi connectivity index (χ1) is 13.5. The molecule has 1 atom stereocenters. The van der Waals surface area contributed by atoms with Crippen molar-refractivity contribution in [3.63, 3.8) is 0 Å². The molecule has 0 aliphatic carbocycles. The summed E-state index contributed by atoms with van der Waals surface area (Å²) >= 11 is 0. The van der Waals surface area contributed by atoms with Gasteiger partial charge in [0.05, 0.1) is 25.7 Å². The molecule has 1 aliphatic rings. The molecular weight excluding hydrogens is 366 g/mol. The second-order valence-electron chi connectivity index (χ2n) is 6.80. The lowest BCUT2D eigenvalue weighted by molar-refractivity contribution is -0.139. The van der Waals surface area contributed by atoms with Crippen molar-refractivity contribution in [2.24, 2.45) is 0 Å². The van der Waals surface area contributed by atoms with E-state index in [9.17, 15) is 9.59 Å². The van der Waals surface area contributed by atoms with E-state index in [4.69, 9.17) is 19.1 Å². The molecule has 3 rings (SSSR count). The van der Waals surface area contributed by atoms with Gasteiger partial charge in [-0.1, -0.05) is 5.16 Å². The molecule has 9 heteroatoms. The highest BCUT2D eigenvalue weighted by Gasteiger charge is 2.38. The first-order valence-electron chi connectivity index (χ1n) is 9.07. The van der Waals surface area contributed by atoms with E-state index in [0.29, 0.717) is 37.6 Å². The van der Waals surface area contributed by atoms with Crippen LogP contribution in [0.5, 0.6) is 5.75 Å². The molecule has 1 aromatic carbocycles. The van der Waals surface area contributed by atoms with Crippen molar-refractivity contribution < 1.29 is 28.7 Å². The van der Waals surface area contributed by atoms with Gasteiger partial charge in [-0.3, -0.25) is 9.59 Å². The smallest absolute Gasteiger partial charge is 0.305 e. The van der Waals surface area contributed by atoms with E-state index in [1.807, 2.05) is 24.3 Å². The van der Waals surface area contributed by atoms with Crippen LogP contribution in [-0.2, 0) is 20.7 Å². The maximum atomic E-state index is 12.2. The number of carboxylic acids is 1. The molecule has 1 aromatic heterocycles. The van der Waals surface area contributed by atoms with Crippen molar-refractivity contribution in [2.75, 3.05) is 20.3 Å². The van der Waals surface area contributed by atoms with Gasteiger partial charge < -0.3 is 24.4 Å². The molecule has 9 nitrogen and oxygen atoms in total. The van der Waals surface area contributed by atoms with E-state index >= 15 is 0 Å². The summed E-state index contributed by atoms with van der Waals surface area (Å²) in [6.45, 7) is 0.670. The quantitative estimate of drug-likeness (QED) is 0.665. The highest BCUT2D eigenvalue weighted by atomic mass is 16.5. The van der Waals surface area contributed by atoms with Gasteiger partial charge in [0, 0.05) is 25.0 Å². The Labute approximate surface area is 162 Å². The fraction of sp³-hybridized carbons (Fsp3) is 0.474. The van der Waals surface area contributed by atoms with E-state index in [1.54, 1.807) is 7.11 Å². The Kier molecular flexibility index (Phi) is 6.25. The number of carbonyl (C=O) groups is 2. The minimum Gasteiger partial charge on any atom is -0.497 e. The first kappa shape index (κ1) is 19.8. The third-order valence-electron chi connectivity index (χ3n) is 4.61. The lowest BCUT2D eigenvalue weighted by Gasteiger charge is -2.26. The second-order valence-corrected chi connectivity index (χ2v) is 6.80. The molecule has 1 fully saturated rings. The summed E-state index contributed by atoms with van der Waals surface area (Å²) in [7, 11) is 1.60. The third kappa shape index (κ3) is 5.07. The minimum absolute atomic E-state index is 0.145. The molecule has 2 N–H and O–H groups in total. The minimum atomic E-state index is -0.956. The molecule has 0 spiro atoms. The number of hydrogen-bond donors (Lipinski definition) is 2. The van der Waals surface area contributed by atoms with Crippen molar-refractivity contribution in [2.45, 2.75) is 37.6 Å². The molecule has 0 radical (unpaired) electrons. The number of benzene rings is 1. The largest absolute Gasteiger partial charge is 0.497 e. The molecule has 1 aliphatic heterocycles. The molecule has 2 aromatic rings. The number of carboxylic acid groups (broad SMARTS) is 1. The van der Waals surface area contributed by atoms with Gasteiger partial charge in [0.15, 0.2) is 0 Å². The summed E-state index contributed by atoms with van der Waals surface area (Å²) in [5.74, 6) is 0.505. The van der Waals surface area contributed by atoms with Crippen molar-refractivity contribution >= 4 is 11.9 Å². The molecule has 1 amide bonds. The van der Waals surface area contributed by atoms with Gasteiger partial charge in [-0.15, -0.1) is 0 Å². The predicted molar refractivity (Wildman–Crippen MR) is 97.8 cm³/mol. The van der Waals surface area contributed by atoms with E-state index < -0.39 is 11.5 Å². The number of rotatable bonds is 9.